The van der Waals surface area contributed by atoms with Crippen molar-refractivity contribution < 1.29 is 14.3 Å². The first kappa shape index (κ1) is 24.5. The van der Waals surface area contributed by atoms with Crippen LogP contribution >= 0.6 is 0 Å². The molecule has 7 nitrogen and oxygen atoms in total. The molecular formula is C31H26N4O3. The van der Waals surface area contributed by atoms with E-state index in [-0.39, 0.29) is 5.91 Å². The highest BCUT2D eigenvalue weighted by molar-refractivity contribution is 5.96. The summed E-state index contributed by atoms with van der Waals surface area (Å²) in [7, 11) is 1.56. The molecule has 5 rings (SSSR count). The number of hydrogen-bond acceptors (Lipinski definition) is 5. The molecular weight excluding hydrogens is 476 g/mol. The van der Waals surface area contributed by atoms with Gasteiger partial charge in [-0.05, 0) is 60.2 Å². The van der Waals surface area contributed by atoms with Crippen molar-refractivity contribution in [2.24, 2.45) is 5.10 Å². The van der Waals surface area contributed by atoms with Gasteiger partial charge >= 0.3 is 0 Å². The van der Waals surface area contributed by atoms with E-state index in [0.29, 0.717) is 17.9 Å². The lowest BCUT2D eigenvalue weighted by molar-refractivity contribution is 0.0955. The Bertz CT molecular complexity index is 1530. The lowest BCUT2D eigenvalue weighted by Crippen LogP contribution is -2.17. The van der Waals surface area contributed by atoms with Gasteiger partial charge in [-0.15, -0.1) is 0 Å². The molecule has 0 radical (unpaired) electrons. The summed E-state index contributed by atoms with van der Waals surface area (Å²) in [5.41, 5.74) is 7.42. The van der Waals surface area contributed by atoms with Crippen molar-refractivity contribution in [3.8, 4) is 28.4 Å². The molecule has 0 fully saturated rings. The standard InChI is InChI=1S/C31H26N4O3/c1-37-29-14-8-11-25(19-29)31(36)33-32-20-26-21-35(27-12-6-3-7-13-27)34-30(26)24-15-17-28(18-16-24)38-22-23-9-4-2-5-10-23/h2-21H,22H2,1H3,(H,33,36). The molecule has 1 N–H and O–H groups in total. The summed E-state index contributed by atoms with van der Waals surface area (Å²) in [4.78, 5) is 12.6. The fourth-order valence-corrected chi connectivity index (χ4v) is 3.86. The molecule has 0 saturated heterocycles. The zero-order valence-electron chi connectivity index (χ0n) is 20.8. The van der Waals surface area contributed by atoms with Gasteiger partial charge in [0.2, 0.25) is 0 Å². The SMILES string of the molecule is COc1cccc(C(=O)NN=Cc2cn(-c3ccccc3)nc2-c2ccc(OCc3ccccc3)cc2)c1. The largest absolute Gasteiger partial charge is 0.497 e. The fourth-order valence-electron chi connectivity index (χ4n) is 3.86. The number of carbonyl (C=O) groups is 1. The Labute approximate surface area is 221 Å². The third kappa shape index (κ3) is 5.96. The zero-order valence-corrected chi connectivity index (χ0v) is 20.8. The predicted molar refractivity (Wildman–Crippen MR) is 148 cm³/mol. The van der Waals surface area contributed by atoms with Gasteiger partial charge in [0.1, 0.15) is 23.8 Å². The molecule has 0 bridgehead atoms. The number of amides is 1. The van der Waals surface area contributed by atoms with Gasteiger partial charge in [0.05, 0.1) is 19.0 Å². The van der Waals surface area contributed by atoms with Gasteiger partial charge in [-0.2, -0.15) is 10.2 Å². The van der Waals surface area contributed by atoms with E-state index in [1.54, 1.807) is 42.3 Å². The maximum atomic E-state index is 12.6. The highest BCUT2D eigenvalue weighted by Crippen LogP contribution is 2.25. The molecule has 0 aliphatic heterocycles. The molecule has 0 spiro atoms. The van der Waals surface area contributed by atoms with Crippen LogP contribution < -0.4 is 14.9 Å². The van der Waals surface area contributed by atoms with E-state index in [2.05, 4.69) is 10.5 Å². The fraction of sp³-hybridized carbons (Fsp3) is 0.0645. The van der Waals surface area contributed by atoms with E-state index in [1.165, 1.54) is 0 Å². The number of aromatic nitrogens is 2. The van der Waals surface area contributed by atoms with Crippen molar-refractivity contribution >= 4 is 12.1 Å². The van der Waals surface area contributed by atoms with E-state index >= 15 is 0 Å². The Balaban J connectivity index is 1.37. The highest BCUT2D eigenvalue weighted by Gasteiger charge is 2.12. The second-order valence-electron chi connectivity index (χ2n) is 8.44. The Kier molecular flexibility index (Phi) is 7.56. The van der Waals surface area contributed by atoms with Crippen molar-refractivity contribution in [3.63, 3.8) is 0 Å². The number of ether oxygens (including phenoxy) is 2. The molecule has 1 heterocycles. The maximum Gasteiger partial charge on any atom is 0.271 e. The topological polar surface area (TPSA) is 77.7 Å². The molecule has 0 aliphatic rings. The van der Waals surface area contributed by atoms with Crippen LogP contribution in [0.25, 0.3) is 16.9 Å². The number of para-hydroxylation sites is 1. The van der Waals surface area contributed by atoms with Crippen LogP contribution in [0.4, 0.5) is 0 Å². The van der Waals surface area contributed by atoms with Crippen LogP contribution in [0.1, 0.15) is 21.5 Å². The lowest BCUT2D eigenvalue weighted by Gasteiger charge is -2.07. The number of carbonyl (C=O) groups excluding carboxylic acids is 1. The van der Waals surface area contributed by atoms with Crippen LogP contribution in [0.3, 0.4) is 0 Å². The molecule has 188 valence electrons. The first-order valence-electron chi connectivity index (χ1n) is 12.1. The van der Waals surface area contributed by atoms with Crippen LogP contribution in [-0.2, 0) is 6.61 Å². The molecule has 4 aromatic carbocycles. The van der Waals surface area contributed by atoms with E-state index in [9.17, 15) is 4.79 Å². The van der Waals surface area contributed by atoms with Gasteiger partial charge in [0.25, 0.3) is 5.91 Å². The summed E-state index contributed by atoms with van der Waals surface area (Å²) in [6, 6.07) is 34.5. The molecule has 0 aliphatic carbocycles. The maximum absolute atomic E-state index is 12.6. The Morgan fingerprint density at radius 3 is 2.37 bits per heavy atom. The van der Waals surface area contributed by atoms with E-state index in [4.69, 9.17) is 14.6 Å². The van der Waals surface area contributed by atoms with Gasteiger partial charge in [0.15, 0.2) is 0 Å². The summed E-state index contributed by atoms with van der Waals surface area (Å²) < 4.78 is 12.9. The van der Waals surface area contributed by atoms with E-state index < -0.39 is 0 Å². The Morgan fingerprint density at radius 1 is 0.895 bits per heavy atom. The van der Waals surface area contributed by atoms with Gasteiger partial charge in [0, 0.05) is 22.9 Å². The minimum absolute atomic E-state index is 0.336. The normalized spacial score (nSPS) is 10.9. The van der Waals surface area contributed by atoms with Crippen molar-refractivity contribution in [2.45, 2.75) is 6.61 Å². The van der Waals surface area contributed by atoms with Gasteiger partial charge in [-0.3, -0.25) is 4.79 Å². The quantitative estimate of drug-likeness (QED) is 0.201. The second-order valence-corrected chi connectivity index (χ2v) is 8.44. The Hall–Kier alpha value is -5.17. The van der Waals surface area contributed by atoms with Crippen LogP contribution in [0.15, 0.2) is 120 Å². The number of nitrogens with one attached hydrogen (secondary N) is 1. The van der Waals surface area contributed by atoms with Gasteiger partial charge in [-0.1, -0.05) is 54.6 Å². The number of hydrogen-bond donors (Lipinski definition) is 1. The Morgan fingerprint density at radius 2 is 1.63 bits per heavy atom. The summed E-state index contributed by atoms with van der Waals surface area (Å²) in [6.07, 6.45) is 3.48. The second kappa shape index (κ2) is 11.7. The first-order chi connectivity index (χ1) is 18.7. The van der Waals surface area contributed by atoms with Gasteiger partial charge < -0.3 is 9.47 Å². The monoisotopic (exact) mass is 502 g/mol. The van der Waals surface area contributed by atoms with Crippen molar-refractivity contribution in [1.82, 2.24) is 15.2 Å². The number of methoxy groups -OCH3 is 1. The van der Waals surface area contributed by atoms with Crippen LogP contribution in [0.2, 0.25) is 0 Å². The van der Waals surface area contributed by atoms with Crippen molar-refractivity contribution in [1.29, 1.82) is 0 Å². The molecule has 1 amide bonds. The molecule has 0 atom stereocenters. The third-order valence-electron chi connectivity index (χ3n) is 5.84. The minimum atomic E-state index is -0.336. The number of nitrogens with zero attached hydrogens (tertiary/aromatic N) is 3. The average Bonchev–Trinajstić information content (AvgIpc) is 3.41. The molecule has 5 aromatic rings. The summed E-state index contributed by atoms with van der Waals surface area (Å²) in [6.45, 7) is 0.494. The highest BCUT2D eigenvalue weighted by atomic mass is 16.5. The number of rotatable bonds is 9. The number of benzene rings is 4. The zero-order chi connectivity index (χ0) is 26.2. The lowest BCUT2D eigenvalue weighted by atomic mass is 10.1. The molecule has 0 saturated carbocycles. The van der Waals surface area contributed by atoms with Crippen LogP contribution in [0, 0.1) is 0 Å². The predicted octanol–water partition coefficient (Wildman–Crippen LogP) is 5.89. The first-order valence-corrected chi connectivity index (χ1v) is 12.1. The smallest absolute Gasteiger partial charge is 0.271 e. The summed E-state index contributed by atoms with van der Waals surface area (Å²) in [5.74, 6) is 1.03. The minimum Gasteiger partial charge on any atom is -0.497 e. The van der Waals surface area contributed by atoms with Gasteiger partial charge in [-0.25, -0.2) is 10.1 Å². The van der Waals surface area contributed by atoms with E-state index in [0.717, 1.165) is 33.8 Å². The summed E-state index contributed by atoms with van der Waals surface area (Å²) >= 11 is 0. The number of hydrazone groups is 1. The van der Waals surface area contributed by atoms with E-state index in [1.807, 2.05) is 91.1 Å². The summed E-state index contributed by atoms with van der Waals surface area (Å²) in [5, 5.41) is 9.01. The molecule has 38 heavy (non-hydrogen) atoms. The average molecular weight is 503 g/mol. The molecule has 7 heteroatoms. The van der Waals surface area contributed by atoms with Crippen LogP contribution in [-0.4, -0.2) is 29.0 Å². The van der Waals surface area contributed by atoms with Crippen molar-refractivity contribution in [2.75, 3.05) is 7.11 Å². The van der Waals surface area contributed by atoms with Crippen molar-refractivity contribution in [3.05, 3.63) is 132 Å². The third-order valence-corrected chi connectivity index (χ3v) is 5.84. The van der Waals surface area contributed by atoms with Crippen LogP contribution in [0.5, 0.6) is 11.5 Å². The molecule has 0 unspecified atom stereocenters. The molecule has 1 aromatic heterocycles.